The Labute approximate surface area is 296 Å². The number of phosphoric acid groups is 1. The van der Waals surface area contributed by atoms with Crippen LogP contribution in [0.25, 0.3) is 0 Å². The predicted octanol–water partition coefficient (Wildman–Crippen LogP) is 6.37. The standard InChI is InChI=1S/C38H47O6P.Na/c1-7-9-11-27-25-31(17-23-35(27)39)37(3,4)29-13-19-33(20-14-29)43-45(41,42)44-34-21-15-30(16-22-34)38(5,6)32-18-24-36(40)28(26-32)12-10-8-2;/h13-26,39-40H,7-12H2,1-6H3,(H,41,42);/q;+1/p-1. The Kier molecular flexibility index (Phi) is 13.0. The van der Waals surface area contributed by atoms with Gasteiger partial charge in [0.25, 0.3) is 0 Å². The second kappa shape index (κ2) is 15.9. The zero-order valence-corrected chi connectivity index (χ0v) is 31.2. The summed E-state index contributed by atoms with van der Waals surface area (Å²) in [5.41, 5.74) is 5.19. The molecule has 6 nitrogen and oxygen atoms in total. The van der Waals surface area contributed by atoms with Crippen LogP contribution in [0.3, 0.4) is 0 Å². The van der Waals surface area contributed by atoms with Crippen molar-refractivity contribution in [2.45, 2.75) is 90.9 Å². The van der Waals surface area contributed by atoms with Crippen molar-refractivity contribution < 1.29 is 58.3 Å². The first-order chi connectivity index (χ1) is 21.3. The molecule has 240 valence electrons. The molecule has 0 unspecified atom stereocenters. The van der Waals surface area contributed by atoms with E-state index in [4.69, 9.17) is 9.05 Å². The first kappa shape index (κ1) is 37.7. The summed E-state index contributed by atoms with van der Waals surface area (Å²) in [5, 5.41) is 20.6. The Morgan fingerprint density at radius 3 is 1.26 bits per heavy atom. The van der Waals surface area contributed by atoms with Gasteiger partial charge in [-0.25, -0.2) is 4.57 Å². The molecule has 46 heavy (non-hydrogen) atoms. The topological polar surface area (TPSA) is 99.1 Å². The summed E-state index contributed by atoms with van der Waals surface area (Å²) in [6.07, 6.45) is 5.73. The molecule has 0 aliphatic rings. The van der Waals surface area contributed by atoms with Gasteiger partial charge in [-0.15, -0.1) is 0 Å². The number of hydrogen-bond donors (Lipinski definition) is 2. The number of unbranched alkanes of at least 4 members (excludes halogenated alkanes) is 2. The monoisotopic (exact) mass is 652 g/mol. The first-order valence-corrected chi connectivity index (χ1v) is 17.3. The van der Waals surface area contributed by atoms with Gasteiger partial charge in [-0.05, 0) is 95.5 Å². The van der Waals surface area contributed by atoms with E-state index in [1.165, 1.54) is 0 Å². The van der Waals surface area contributed by atoms with E-state index in [0.717, 1.165) is 71.9 Å². The quantitative estimate of drug-likeness (QED) is 0.122. The third-order valence-electron chi connectivity index (χ3n) is 8.79. The van der Waals surface area contributed by atoms with E-state index < -0.39 is 7.82 Å². The van der Waals surface area contributed by atoms with Crippen LogP contribution in [-0.4, -0.2) is 10.2 Å². The molecule has 0 spiro atoms. The van der Waals surface area contributed by atoms with Gasteiger partial charge in [0.15, 0.2) is 0 Å². The van der Waals surface area contributed by atoms with Crippen LogP contribution in [0.4, 0.5) is 0 Å². The minimum absolute atomic E-state index is 0. The van der Waals surface area contributed by atoms with Crippen LogP contribution >= 0.6 is 7.82 Å². The van der Waals surface area contributed by atoms with E-state index >= 15 is 0 Å². The van der Waals surface area contributed by atoms with Crippen molar-refractivity contribution >= 4 is 7.82 Å². The third kappa shape index (κ3) is 9.20. The van der Waals surface area contributed by atoms with Crippen LogP contribution in [0.2, 0.25) is 0 Å². The third-order valence-corrected chi connectivity index (χ3v) is 9.66. The van der Waals surface area contributed by atoms with Crippen LogP contribution in [0.5, 0.6) is 23.0 Å². The molecule has 0 amide bonds. The number of phenolic OH excluding ortho intramolecular Hbond substituents is 2. The number of phosphoric ester groups is 1. The number of aromatic hydroxyl groups is 2. The van der Waals surface area contributed by atoms with Crippen molar-refractivity contribution in [3.63, 3.8) is 0 Å². The maximum atomic E-state index is 12.8. The first-order valence-electron chi connectivity index (χ1n) is 15.8. The SMILES string of the molecule is CCCCc1cc(C(C)(C)c2ccc(OP(=O)([O-])Oc3ccc(C(C)(C)c4ccc(O)c(CCCC)c4)cc3)cc2)ccc1O.[Na+]. The van der Waals surface area contributed by atoms with Crippen LogP contribution in [0.15, 0.2) is 84.9 Å². The molecule has 4 aromatic rings. The maximum absolute atomic E-state index is 12.8. The Morgan fingerprint density at radius 2 is 0.935 bits per heavy atom. The van der Waals surface area contributed by atoms with E-state index in [9.17, 15) is 19.7 Å². The number of benzene rings is 4. The second-order valence-corrected chi connectivity index (χ2v) is 14.1. The average Bonchev–Trinajstić information content (AvgIpc) is 3.00. The number of phenols is 2. The molecular formula is C38H46NaO6P. The van der Waals surface area contributed by atoms with E-state index in [-0.39, 0.29) is 51.9 Å². The van der Waals surface area contributed by atoms with Gasteiger partial charge in [-0.2, -0.15) is 0 Å². The van der Waals surface area contributed by atoms with Gasteiger partial charge in [0.05, 0.1) is 0 Å². The summed E-state index contributed by atoms with van der Waals surface area (Å²) in [6.45, 7) is 12.6. The van der Waals surface area contributed by atoms with Crippen LogP contribution < -0.4 is 43.5 Å². The molecule has 0 saturated carbocycles. The molecule has 4 rings (SSSR count). The van der Waals surface area contributed by atoms with Crippen molar-refractivity contribution in [3.8, 4) is 23.0 Å². The van der Waals surface area contributed by atoms with Crippen molar-refractivity contribution in [2.75, 3.05) is 0 Å². The van der Waals surface area contributed by atoms with Crippen molar-refractivity contribution in [2.24, 2.45) is 0 Å². The van der Waals surface area contributed by atoms with Gasteiger partial charge in [0, 0.05) is 10.8 Å². The largest absolute Gasteiger partial charge is 1.00 e. The fourth-order valence-corrected chi connectivity index (χ4v) is 6.36. The zero-order valence-electron chi connectivity index (χ0n) is 28.3. The fraction of sp³-hybridized carbons (Fsp3) is 0.368. The average molecular weight is 653 g/mol. The summed E-state index contributed by atoms with van der Waals surface area (Å²) in [7, 11) is -4.72. The molecule has 0 bridgehead atoms. The summed E-state index contributed by atoms with van der Waals surface area (Å²) in [6, 6.07) is 25.4. The van der Waals surface area contributed by atoms with Gasteiger partial charge >= 0.3 is 37.4 Å². The van der Waals surface area contributed by atoms with E-state index in [1.54, 1.807) is 36.4 Å². The molecule has 0 fully saturated rings. The van der Waals surface area contributed by atoms with Gasteiger partial charge in [0.2, 0.25) is 0 Å². The molecule has 0 heterocycles. The number of rotatable bonds is 14. The van der Waals surface area contributed by atoms with Crippen LogP contribution in [0.1, 0.15) is 101 Å². The Hall–Kier alpha value is -2.73. The summed E-state index contributed by atoms with van der Waals surface area (Å²) in [4.78, 5) is 12.8. The van der Waals surface area contributed by atoms with Gasteiger partial charge in [-0.1, -0.05) is 103 Å². The predicted molar refractivity (Wildman–Crippen MR) is 179 cm³/mol. The fourth-order valence-electron chi connectivity index (χ4n) is 5.56. The van der Waals surface area contributed by atoms with Crippen molar-refractivity contribution in [1.29, 1.82) is 0 Å². The van der Waals surface area contributed by atoms with Gasteiger partial charge in [-0.3, -0.25) is 0 Å². The summed E-state index contributed by atoms with van der Waals surface area (Å²) >= 11 is 0. The maximum Gasteiger partial charge on any atom is 1.00 e. The van der Waals surface area contributed by atoms with Crippen LogP contribution in [0, 0.1) is 0 Å². The summed E-state index contributed by atoms with van der Waals surface area (Å²) in [5.74, 6) is 0.937. The van der Waals surface area contributed by atoms with Gasteiger partial charge in [0.1, 0.15) is 23.0 Å². The molecule has 0 aromatic heterocycles. The van der Waals surface area contributed by atoms with Crippen LogP contribution in [-0.2, 0) is 28.2 Å². The number of aryl methyl sites for hydroxylation is 2. The molecule has 2 N–H and O–H groups in total. The molecule has 0 radical (unpaired) electrons. The van der Waals surface area contributed by atoms with Gasteiger partial charge < -0.3 is 24.2 Å². The normalized spacial score (nSPS) is 12.0. The minimum atomic E-state index is -4.72. The van der Waals surface area contributed by atoms with E-state index in [1.807, 2.05) is 36.4 Å². The molecule has 0 atom stereocenters. The Bertz CT molecular complexity index is 1510. The molecule has 0 saturated heterocycles. The smallest absolute Gasteiger partial charge is 0.736 e. The minimum Gasteiger partial charge on any atom is -0.736 e. The molecule has 0 aliphatic carbocycles. The Balaban J connectivity index is 0.00000576. The zero-order chi connectivity index (χ0) is 32.8. The van der Waals surface area contributed by atoms with E-state index in [2.05, 4.69) is 53.7 Å². The number of hydrogen-bond acceptors (Lipinski definition) is 6. The molecule has 4 aromatic carbocycles. The Morgan fingerprint density at radius 1 is 0.609 bits per heavy atom. The summed E-state index contributed by atoms with van der Waals surface area (Å²) < 4.78 is 23.4. The van der Waals surface area contributed by atoms with Crippen molar-refractivity contribution in [1.82, 2.24) is 0 Å². The molecule has 0 aliphatic heterocycles. The second-order valence-electron chi connectivity index (χ2n) is 12.8. The van der Waals surface area contributed by atoms with Crippen molar-refractivity contribution in [3.05, 3.63) is 118 Å². The molecular weight excluding hydrogens is 606 g/mol. The van der Waals surface area contributed by atoms with E-state index in [0.29, 0.717) is 11.5 Å². The molecule has 8 heteroatoms.